The van der Waals surface area contributed by atoms with Crippen LogP contribution < -0.4 is 5.73 Å². The number of aryl methyl sites for hydroxylation is 1. The van der Waals surface area contributed by atoms with Crippen LogP contribution in [0.5, 0.6) is 0 Å². The van der Waals surface area contributed by atoms with Crippen LogP contribution in [0.15, 0.2) is 18.2 Å². The summed E-state index contributed by atoms with van der Waals surface area (Å²) in [4.78, 5) is 12.4. The second-order valence-electron chi connectivity index (χ2n) is 4.56. The molecule has 0 aliphatic carbocycles. The van der Waals surface area contributed by atoms with Gasteiger partial charge in [0, 0.05) is 18.8 Å². The Hall–Kier alpha value is -1.26. The summed E-state index contributed by atoms with van der Waals surface area (Å²) in [6.45, 7) is 2.73. The van der Waals surface area contributed by atoms with E-state index in [1.807, 2.05) is 0 Å². The average Bonchev–Trinajstić information content (AvgIpc) is 2.29. The van der Waals surface area contributed by atoms with E-state index in [-0.39, 0.29) is 11.6 Å². The highest BCUT2D eigenvalue weighted by Crippen LogP contribution is 2.24. The topological polar surface area (TPSA) is 52.3 Å². The molecule has 0 unspecified atom stereocenters. The minimum atomic E-state index is -0.860. The first-order chi connectivity index (χ1) is 8.03. The molecule has 1 fully saturated rings. The second-order valence-corrected chi connectivity index (χ2v) is 4.56. The third kappa shape index (κ3) is 2.37. The maximum Gasteiger partial charge on any atom is 0.183 e. The number of Topliss-reactive ketones (excluding diaryl/α,β-unsaturated/α-hetero) is 1. The van der Waals surface area contributed by atoms with Gasteiger partial charge < -0.3 is 10.5 Å². The Labute approximate surface area is 99.8 Å². The molecule has 4 heteroatoms. The lowest BCUT2D eigenvalue weighted by atomic mass is 9.82. The van der Waals surface area contributed by atoms with E-state index in [1.165, 1.54) is 18.2 Å². The molecule has 2 rings (SSSR count). The molecule has 0 amide bonds. The molecule has 1 aromatic rings. The molecular formula is C13H16FNO2. The first kappa shape index (κ1) is 12.2. The summed E-state index contributed by atoms with van der Waals surface area (Å²) >= 11 is 0. The van der Waals surface area contributed by atoms with Crippen molar-refractivity contribution >= 4 is 5.78 Å². The predicted molar refractivity (Wildman–Crippen MR) is 62.4 cm³/mol. The van der Waals surface area contributed by atoms with Gasteiger partial charge in [-0.25, -0.2) is 4.39 Å². The van der Waals surface area contributed by atoms with Crippen LogP contribution in [0.25, 0.3) is 0 Å². The van der Waals surface area contributed by atoms with Crippen molar-refractivity contribution in [3.63, 3.8) is 0 Å². The molecule has 0 atom stereocenters. The number of nitrogens with two attached hydrogens (primary N) is 1. The van der Waals surface area contributed by atoms with Crippen molar-refractivity contribution in [2.45, 2.75) is 25.3 Å². The minimum Gasteiger partial charge on any atom is -0.381 e. The SMILES string of the molecule is Cc1cc(F)ccc1C(=O)C1(N)CCOCC1. The Morgan fingerprint density at radius 1 is 1.41 bits per heavy atom. The van der Waals surface area contributed by atoms with Crippen LogP contribution in [0, 0.1) is 12.7 Å². The Morgan fingerprint density at radius 3 is 2.65 bits per heavy atom. The lowest BCUT2D eigenvalue weighted by Gasteiger charge is -2.32. The molecule has 3 nitrogen and oxygen atoms in total. The quantitative estimate of drug-likeness (QED) is 0.798. The van der Waals surface area contributed by atoms with E-state index >= 15 is 0 Å². The Kier molecular flexibility index (Phi) is 3.26. The fourth-order valence-corrected chi connectivity index (χ4v) is 2.11. The van der Waals surface area contributed by atoms with E-state index < -0.39 is 5.54 Å². The van der Waals surface area contributed by atoms with E-state index in [0.717, 1.165) is 0 Å². The van der Waals surface area contributed by atoms with Crippen molar-refractivity contribution in [2.75, 3.05) is 13.2 Å². The average molecular weight is 237 g/mol. The zero-order valence-electron chi connectivity index (χ0n) is 9.83. The molecule has 1 aliphatic heterocycles. The van der Waals surface area contributed by atoms with Crippen molar-refractivity contribution in [3.05, 3.63) is 35.1 Å². The highest BCUT2D eigenvalue weighted by Gasteiger charge is 2.36. The maximum absolute atomic E-state index is 13.0. The summed E-state index contributed by atoms with van der Waals surface area (Å²) in [6.07, 6.45) is 1.03. The monoisotopic (exact) mass is 237 g/mol. The van der Waals surface area contributed by atoms with Crippen LogP contribution in [-0.2, 0) is 4.74 Å². The summed E-state index contributed by atoms with van der Waals surface area (Å²) in [5, 5.41) is 0. The Morgan fingerprint density at radius 2 is 2.06 bits per heavy atom. The fraction of sp³-hybridized carbons (Fsp3) is 0.462. The highest BCUT2D eigenvalue weighted by molar-refractivity contribution is 6.04. The van der Waals surface area contributed by atoms with Gasteiger partial charge in [0.1, 0.15) is 5.82 Å². The lowest BCUT2D eigenvalue weighted by Crippen LogP contribution is -2.52. The van der Waals surface area contributed by atoms with Crippen molar-refractivity contribution in [2.24, 2.45) is 5.73 Å². The van der Waals surface area contributed by atoms with Crippen LogP contribution in [0.2, 0.25) is 0 Å². The van der Waals surface area contributed by atoms with Crippen LogP contribution in [0.1, 0.15) is 28.8 Å². The minimum absolute atomic E-state index is 0.113. The van der Waals surface area contributed by atoms with Gasteiger partial charge in [-0.2, -0.15) is 0 Å². The van der Waals surface area contributed by atoms with Crippen molar-refractivity contribution in [1.82, 2.24) is 0 Å². The number of carbonyl (C=O) groups is 1. The molecule has 1 heterocycles. The summed E-state index contributed by atoms with van der Waals surface area (Å²) in [6, 6.07) is 4.16. The van der Waals surface area contributed by atoms with Gasteiger partial charge in [-0.1, -0.05) is 0 Å². The Balaban J connectivity index is 2.30. The first-order valence-corrected chi connectivity index (χ1v) is 5.70. The molecule has 2 N–H and O–H groups in total. The lowest BCUT2D eigenvalue weighted by molar-refractivity contribution is 0.0447. The van der Waals surface area contributed by atoms with Crippen LogP contribution in [0.3, 0.4) is 0 Å². The van der Waals surface area contributed by atoms with Crippen molar-refractivity contribution in [1.29, 1.82) is 0 Å². The summed E-state index contributed by atoms with van der Waals surface area (Å²) in [5.74, 6) is -0.449. The molecule has 1 saturated heterocycles. The van der Waals surface area contributed by atoms with Crippen molar-refractivity contribution < 1.29 is 13.9 Å². The van der Waals surface area contributed by atoms with E-state index in [2.05, 4.69) is 0 Å². The van der Waals surface area contributed by atoms with E-state index in [4.69, 9.17) is 10.5 Å². The van der Waals surface area contributed by atoms with E-state index in [1.54, 1.807) is 6.92 Å². The van der Waals surface area contributed by atoms with Crippen LogP contribution in [0.4, 0.5) is 4.39 Å². The molecular weight excluding hydrogens is 221 g/mol. The molecule has 0 aromatic heterocycles. The number of ketones is 1. The molecule has 0 saturated carbocycles. The predicted octanol–water partition coefficient (Wildman–Crippen LogP) is 1.82. The van der Waals surface area contributed by atoms with Gasteiger partial charge in [0.15, 0.2) is 5.78 Å². The van der Waals surface area contributed by atoms with Crippen molar-refractivity contribution in [3.8, 4) is 0 Å². The van der Waals surface area contributed by atoms with Crippen LogP contribution in [-0.4, -0.2) is 24.5 Å². The van der Waals surface area contributed by atoms with Gasteiger partial charge in [-0.05, 0) is 43.5 Å². The number of halogens is 1. The molecule has 0 radical (unpaired) electrons. The number of benzene rings is 1. The van der Waals surface area contributed by atoms with Gasteiger partial charge >= 0.3 is 0 Å². The molecule has 0 bridgehead atoms. The maximum atomic E-state index is 13.0. The third-order valence-corrected chi connectivity index (χ3v) is 3.27. The van der Waals surface area contributed by atoms with E-state index in [0.29, 0.717) is 37.2 Å². The second kappa shape index (κ2) is 4.55. The standard InChI is InChI=1S/C13H16FNO2/c1-9-8-10(14)2-3-11(9)12(16)13(15)4-6-17-7-5-13/h2-3,8H,4-7,15H2,1H3. The number of rotatable bonds is 2. The van der Waals surface area contributed by atoms with Gasteiger partial charge in [-0.3, -0.25) is 4.79 Å². The molecule has 1 aliphatic rings. The summed E-state index contributed by atoms with van der Waals surface area (Å²) < 4.78 is 18.2. The molecule has 1 aromatic carbocycles. The highest BCUT2D eigenvalue weighted by atomic mass is 19.1. The number of ether oxygens (including phenoxy) is 1. The zero-order chi connectivity index (χ0) is 12.5. The van der Waals surface area contributed by atoms with Gasteiger partial charge in [-0.15, -0.1) is 0 Å². The first-order valence-electron chi connectivity index (χ1n) is 5.70. The summed E-state index contributed by atoms with van der Waals surface area (Å²) in [5.41, 5.74) is 6.40. The van der Waals surface area contributed by atoms with Gasteiger partial charge in [0.25, 0.3) is 0 Å². The molecule has 17 heavy (non-hydrogen) atoms. The third-order valence-electron chi connectivity index (χ3n) is 3.27. The number of carbonyl (C=O) groups excluding carboxylic acids is 1. The fourth-order valence-electron chi connectivity index (χ4n) is 2.11. The molecule has 0 spiro atoms. The van der Waals surface area contributed by atoms with Gasteiger partial charge in [0.05, 0.1) is 5.54 Å². The normalized spacial score (nSPS) is 19.0. The van der Waals surface area contributed by atoms with E-state index in [9.17, 15) is 9.18 Å². The largest absolute Gasteiger partial charge is 0.381 e. The summed E-state index contributed by atoms with van der Waals surface area (Å²) in [7, 11) is 0. The molecule has 92 valence electrons. The van der Waals surface area contributed by atoms with Crippen LogP contribution >= 0.6 is 0 Å². The number of hydrogen-bond donors (Lipinski definition) is 1. The number of hydrogen-bond acceptors (Lipinski definition) is 3. The zero-order valence-corrected chi connectivity index (χ0v) is 9.83. The van der Waals surface area contributed by atoms with Gasteiger partial charge in [0.2, 0.25) is 0 Å². The smallest absolute Gasteiger partial charge is 0.183 e. The Bertz CT molecular complexity index is 439.